The maximum atomic E-state index is 13.4. The first kappa shape index (κ1) is 19.0. The van der Waals surface area contributed by atoms with Gasteiger partial charge in [0.05, 0.1) is 12.1 Å². The molecule has 140 valence electrons. The van der Waals surface area contributed by atoms with E-state index in [1.54, 1.807) is 6.07 Å². The SMILES string of the molecule is CC[C@H](CN1CCCCC1)NC(=O)Cc1csc(-c2cccc(F)c2)n1. The fraction of sp³-hybridized carbons (Fsp3) is 0.500. The summed E-state index contributed by atoms with van der Waals surface area (Å²) in [5.41, 5.74) is 1.48. The predicted molar refractivity (Wildman–Crippen MR) is 104 cm³/mol. The van der Waals surface area contributed by atoms with E-state index >= 15 is 0 Å². The van der Waals surface area contributed by atoms with Crippen LogP contribution in [0.1, 0.15) is 38.3 Å². The number of amides is 1. The molecule has 1 amide bonds. The van der Waals surface area contributed by atoms with Crippen LogP contribution in [0.3, 0.4) is 0 Å². The zero-order valence-electron chi connectivity index (χ0n) is 15.2. The van der Waals surface area contributed by atoms with Crippen LogP contribution in [0.25, 0.3) is 10.6 Å². The zero-order chi connectivity index (χ0) is 18.4. The first-order chi connectivity index (χ1) is 12.6. The van der Waals surface area contributed by atoms with Crippen molar-refractivity contribution in [1.82, 2.24) is 15.2 Å². The molecule has 2 heterocycles. The Labute approximate surface area is 158 Å². The molecule has 1 aromatic heterocycles. The summed E-state index contributed by atoms with van der Waals surface area (Å²) in [7, 11) is 0. The summed E-state index contributed by atoms with van der Waals surface area (Å²) in [5.74, 6) is -0.273. The van der Waals surface area contributed by atoms with Gasteiger partial charge in [0.1, 0.15) is 10.8 Å². The van der Waals surface area contributed by atoms with Gasteiger partial charge in [-0.3, -0.25) is 4.79 Å². The summed E-state index contributed by atoms with van der Waals surface area (Å²) >= 11 is 1.44. The second-order valence-electron chi connectivity index (χ2n) is 6.87. The summed E-state index contributed by atoms with van der Waals surface area (Å²) in [6, 6.07) is 6.57. The van der Waals surface area contributed by atoms with Crippen LogP contribution in [-0.2, 0) is 11.2 Å². The molecule has 1 aliphatic rings. The zero-order valence-corrected chi connectivity index (χ0v) is 16.0. The number of benzene rings is 1. The van der Waals surface area contributed by atoms with E-state index in [2.05, 4.69) is 22.1 Å². The first-order valence-electron chi connectivity index (χ1n) is 9.36. The molecular formula is C20H26FN3OS. The van der Waals surface area contributed by atoms with Crippen LogP contribution in [0.4, 0.5) is 4.39 Å². The number of carbonyl (C=O) groups is 1. The minimum absolute atomic E-state index is 0.00458. The Morgan fingerprint density at radius 1 is 1.35 bits per heavy atom. The number of halogens is 1. The third-order valence-electron chi connectivity index (χ3n) is 4.75. The summed E-state index contributed by atoms with van der Waals surface area (Å²) in [6.07, 6.45) is 5.02. The summed E-state index contributed by atoms with van der Waals surface area (Å²) in [6.45, 7) is 5.30. The van der Waals surface area contributed by atoms with Crippen LogP contribution in [0.2, 0.25) is 0 Å². The van der Waals surface area contributed by atoms with Crippen molar-refractivity contribution in [3.05, 3.63) is 41.2 Å². The fourth-order valence-electron chi connectivity index (χ4n) is 3.32. The van der Waals surface area contributed by atoms with E-state index in [9.17, 15) is 9.18 Å². The van der Waals surface area contributed by atoms with Crippen molar-refractivity contribution in [2.75, 3.05) is 19.6 Å². The molecule has 0 spiro atoms. The smallest absolute Gasteiger partial charge is 0.226 e. The van der Waals surface area contributed by atoms with E-state index in [0.29, 0.717) is 0 Å². The first-order valence-corrected chi connectivity index (χ1v) is 10.2. The number of hydrogen-bond donors (Lipinski definition) is 1. The molecule has 26 heavy (non-hydrogen) atoms. The molecule has 1 saturated heterocycles. The third-order valence-corrected chi connectivity index (χ3v) is 5.69. The van der Waals surface area contributed by atoms with Crippen molar-refractivity contribution in [2.45, 2.75) is 45.1 Å². The molecule has 6 heteroatoms. The molecule has 4 nitrogen and oxygen atoms in total. The average molecular weight is 376 g/mol. The number of likely N-dealkylation sites (tertiary alicyclic amines) is 1. The second kappa shape index (κ2) is 9.24. The number of thiazole rings is 1. The van der Waals surface area contributed by atoms with Crippen LogP contribution in [0, 0.1) is 5.82 Å². The molecule has 0 saturated carbocycles. The van der Waals surface area contributed by atoms with Crippen LogP contribution >= 0.6 is 11.3 Å². The highest BCUT2D eigenvalue weighted by Crippen LogP contribution is 2.24. The lowest BCUT2D eigenvalue weighted by Gasteiger charge is -2.30. The minimum Gasteiger partial charge on any atom is -0.352 e. The highest BCUT2D eigenvalue weighted by atomic mass is 32.1. The van der Waals surface area contributed by atoms with Gasteiger partial charge in [-0.15, -0.1) is 11.3 Å². The summed E-state index contributed by atoms with van der Waals surface area (Å²) in [5, 5.41) is 5.77. The van der Waals surface area contributed by atoms with E-state index < -0.39 is 0 Å². The maximum absolute atomic E-state index is 13.4. The van der Waals surface area contributed by atoms with Crippen molar-refractivity contribution in [2.24, 2.45) is 0 Å². The van der Waals surface area contributed by atoms with Crippen molar-refractivity contribution in [3.8, 4) is 10.6 Å². The number of nitrogens with one attached hydrogen (secondary N) is 1. The Hall–Kier alpha value is -1.79. The minimum atomic E-state index is -0.277. The standard InChI is InChI=1S/C20H26FN3OS/c1-2-17(13-24-9-4-3-5-10-24)22-19(25)12-18-14-26-20(23-18)15-7-6-8-16(21)11-15/h6-8,11,14,17H,2-5,9-10,12-13H2,1H3,(H,22,25)/t17-/m1/s1. The quantitative estimate of drug-likeness (QED) is 0.799. The Bertz CT molecular complexity index is 727. The van der Waals surface area contributed by atoms with Crippen LogP contribution < -0.4 is 5.32 Å². The normalized spacial score (nSPS) is 16.4. The van der Waals surface area contributed by atoms with Crippen LogP contribution in [0.5, 0.6) is 0 Å². The molecule has 3 rings (SSSR count). The fourth-order valence-corrected chi connectivity index (χ4v) is 4.13. The molecule has 0 aliphatic carbocycles. The molecule has 1 atom stereocenters. The van der Waals surface area contributed by atoms with E-state index in [-0.39, 0.29) is 24.2 Å². The number of nitrogens with zero attached hydrogens (tertiary/aromatic N) is 2. The molecular weight excluding hydrogens is 349 g/mol. The predicted octanol–water partition coefficient (Wildman–Crippen LogP) is 3.87. The van der Waals surface area contributed by atoms with Gasteiger partial charge in [0, 0.05) is 23.5 Å². The number of carbonyl (C=O) groups excluding carboxylic acids is 1. The number of piperidine rings is 1. The van der Waals surface area contributed by atoms with Gasteiger partial charge in [-0.25, -0.2) is 9.37 Å². The van der Waals surface area contributed by atoms with Crippen molar-refractivity contribution >= 4 is 17.2 Å². The highest BCUT2D eigenvalue weighted by molar-refractivity contribution is 7.13. The lowest BCUT2D eigenvalue weighted by molar-refractivity contribution is -0.121. The van der Waals surface area contributed by atoms with Gasteiger partial charge in [-0.2, -0.15) is 0 Å². The van der Waals surface area contributed by atoms with Gasteiger partial charge in [0.25, 0.3) is 0 Å². The molecule has 2 aromatic rings. The highest BCUT2D eigenvalue weighted by Gasteiger charge is 2.18. The average Bonchev–Trinajstić information content (AvgIpc) is 3.10. The van der Waals surface area contributed by atoms with Crippen molar-refractivity contribution in [3.63, 3.8) is 0 Å². The van der Waals surface area contributed by atoms with E-state index in [1.807, 2.05) is 11.4 Å². The monoisotopic (exact) mass is 375 g/mol. The lowest BCUT2D eigenvalue weighted by Crippen LogP contribution is -2.45. The second-order valence-corrected chi connectivity index (χ2v) is 7.72. The molecule has 1 N–H and O–H groups in total. The number of hydrogen-bond acceptors (Lipinski definition) is 4. The van der Waals surface area contributed by atoms with Gasteiger partial charge in [0.2, 0.25) is 5.91 Å². The molecule has 0 radical (unpaired) electrons. The topological polar surface area (TPSA) is 45.2 Å². The molecule has 0 unspecified atom stereocenters. The van der Waals surface area contributed by atoms with E-state index in [4.69, 9.17) is 0 Å². The van der Waals surface area contributed by atoms with Crippen LogP contribution in [-0.4, -0.2) is 41.5 Å². The van der Waals surface area contributed by atoms with Crippen LogP contribution in [0.15, 0.2) is 29.6 Å². The van der Waals surface area contributed by atoms with Gasteiger partial charge in [0.15, 0.2) is 0 Å². The van der Waals surface area contributed by atoms with E-state index in [1.165, 1.54) is 42.7 Å². The summed E-state index contributed by atoms with van der Waals surface area (Å²) in [4.78, 5) is 19.3. The molecule has 1 fully saturated rings. The Morgan fingerprint density at radius 2 is 2.15 bits per heavy atom. The molecule has 0 bridgehead atoms. The maximum Gasteiger partial charge on any atom is 0.226 e. The van der Waals surface area contributed by atoms with Gasteiger partial charge in [-0.1, -0.05) is 25.5 Å². The largest absolute Gasteiger partial charge is 0.352 e. The Balaban J connectivity index is 1.54. The summed E-state index contributed by atoms with van der Waals surface area (Å²) < 4.78 is 13.4. The van der Waals surface area contributed by atoms with E-state index in [0.717, 1.165) is 42.3 Å². The third kappa shape index (κ3) is 5.35. The van der Waals surface area contributed by atoms with Gasteiger partial charge >= 0.3 is 0 Å². The van der Waals surface area contributed by atoms with Gasteiger partial charge in [-0.05, 0) is 44.5 Å². The van der Waals surface area contributed by atoms with Gasteiger partial charge < -0.3 is 10.2 Å². The molecule has 1 aromatic carbocycles. The number of aromatic nitrogens is 1. The van der Waals surface area contributed by atoms with Crippen molar-refractivity contribution < 1.29 is 9.18 Å². The Kier molecular flexibility index (Phi) is 6.74. The molecule has 1 aliphatic heterocycles. The number of rotatable bonds is 7. The van der Waals surface area contributed by atoms with Crippen molar-refractivity contribution in [1.29, 1.82) is 0 Å². The lowest BCUT2D eigenvalue weighted by atomic mass is 10.1. The Morgan fingerprint density at radius 3 is 2.88 bits per heavy atom.